The molecule has 155 valence electrons. The molecule has 3 aromatic rings. The van der Waals surface area contributed by atoms with Crippen LogP contribution in [-0.2, 0) is 6.42 Å². The quantitative estimate of drug-likeness (QED) is 0.321. The standard InChI is InChI=1S/C27H25AsClN2/c1-19-6-10-23(11-7-19)27(14-15-30)28-20(2)26(17-21-8-12-25(29)13-9-21)24-5-3-4-22(16-24)18-31/h3-13,16,20,26-27H,14,17H2,1-2H3/t20-,26?,27-/m0/s1. The molecule has 4 heteroatoms. The zero-order chi connectivity index (χ0) is 22.2. The Balaban J connectivity index is 1.90. The Morgan fingerprint density at radius 2 is 1.65 bits per heavy atom. The van der Waals surface area contributed by atoms with Gasteiger partial charge in [0.05, 0.1) is 0 Å². The maximum absolute atomic E-state index is 9.47. The summed E-state index contributed by atoms with van der Waals surface area (Å²) in [7, 11) is 0. The predicted octanol–water partition coefficient (Wildman–Crippen LogP) is 7.01. The second-order valence-corrected chi connectivity index (χ2v) is 11.9. The minimum atomic E-state index is -0.135. The van der Waals surface area contributed by atoms with Gasteiger partial charge in [-0.1, -0.05) is 0 Å². The molecule has 0 amide bonds. The Labute approximate surface area is 197 Å². The van der Waals surface area contributed by atoms with Gasteiger partial charge < -0.3 is 0 Å². The number of aryl methyl sites for hydroxylation is 1. The van der Waals surface area contributed by atoms with Crippen LogP contribution in [0.15, 0.2) is 72.8 Å². The average molecular weight is 488 g/mol. The van der Waals surface area contributed by atoms with Gasteiger partial charge in [-0.05, 0) is 0 Å². The molecule has 3 atom stereocenters. The van der Waals surface area contributed by atoms with Crippen molar-refractivity contribution in [2.75, 3.05) is 0 Å². The van der Waals surface area contributed by atoms with Crippen molar-refractivity contribution in [3.8, 4) is 12.1 Å². The van der Waals surface area contributed by atoms with Crippen molar-refractivity contribution in [2.24, 2.45) is 0 Å². The maximum atomic E-state index is 9.47. The first-order valence-electron chi connectivity index (χ1n) is 10.4. The Morgan fingerprint density at radius 1 is 0.935 bits per heavy atom. The fourth-order valence-corrected chi connectivity index (χ4v) is 7.25. The van der Waals surface area contributed by atoms with Gasteiger partial charge in [-0.2, -0.15) is 0 Å². The summed E-state index contributed by atoms with van der Waals surface area (Å²) in [5, 5.41) is 19.6. The van der Waals surface area contributed by atoms with Crippen molar-refractivity contribution in [3.05, 3.63) is 106 Å². The monoisotopic (exact) mass is 487 g/mol. The van der Waals surface area contributed by atoms with Crippen molar-refractivity contribution in [1.29, 1.82) is 10.5 Å². The molecule has 0 aliphatic carbocycles. The van der Waals surface area contributed by atoms with E-state index in [-0.39, 0.29) is 26.4 Å². The minimum absolute atomic E-state index is 0.135. The summed E-state index contributed by atoms with van der Waals surface area (Å²) in [5.74, 6) is 0.279. The first-order chi connectivity index (χ1) is 15.0. The van der Waals surface area contributed by atoms with Crippen LogP contribution in [0.2, 0.25) is 9.73 Å². The van der Waals surface area contributed by atoms with Crippen molar-refractivity contribution in [1.82, 2.24) is 0 Å². The van der Waals surface area contributed by atoms with Crippen LogP contribution in [0.3, 0.4) is 0 Å². The third kappa shape index (κ3) is 6.48. The van der Waals surface area contributed by atoms with Crippen LogP contribution >= 0.6 is 11.6 Å². The third-order valence-electron chi connectivity index (χ3n) is 5.56. The van der Waals surface area contributed by atoms with Gasteiger partial charge in [0.1, 0.15) is 0 Å². The van der Waals surface area contributed by atoms with E-state index in [0.29, 0.717) is 16.7 Å². The Bertz CT molecular complexity index is 1080. The summed E-state index contributed by atoms with van der Waals surface area (Å²) in [6.07, 6.45) is 1.43. The fraction of sp³-hybridized carbons (Fsp3) is 0.259. The van der Waals surface area contributed by atoms with E-state index >= 15 is 0 Å². The van der Waals surface area contributed by atoms with Gasteiger partial charge in [0.15, 0.2) is 0 Å². The number of rotatable bonds is 8. The van der Waals surface area contributed by atoms with Gasteiger partial charge in [-0.25, -0.2) is 0 Å². The van der Waals surface area contributed by atoms with Gasteiger partial charge >= 0.3 is 198 Å². The number of benzene rings is 3. The molecule has 0 spiro atoms. The summed E-state index contributed by atoms with van der Waals surface area (Å²) in [6.45, 7) is 4.39. The van der Waals surface area contributed by atoms with E-state index in [4.69, 9.17) is 11.6 Å². The van der Waals surface area contributed by atoms with Crippen LogP contribution in [0.25, 0.3) is 0 Å². The van der Waals surface area contributed by atoms with Gasteiger partial charge in [0.25, 0.3) is 0 Å². The zero-order valence-electron chi connectivity index (χ0n) is 17.8. The summed E-state index contributed by atoms with van der Waals surface area (Å²) in [5.41, 5.74) is 5.61. The molecular formula is C27H25AsClN2. The Hall–Kier alpha value is -2.51. The van der Waals surface area contributed by atoms with Crippen LogP contribution in [0.1, 0.15) is 51.8 Å². The molecule has 0 bridgehead atoms. The molecule has 31 heavy (non-hydrogen) atoms. The third-order valence-corrected chi connectivity index (χ3v) is 9.31. The molecule has 3 aromatic carbocycles. The normalized spacial score (nSPS) is 14.0. The molecule has 0 heterocycles. The first-order valence-corrected chi connectivity index (χ1v) is 12.9. The van der Waals surface area contributed by atoms with E-state index in [9.17, 15) is 10.5 Å². The number of hydrogen-bond donors (Lipinski definition) is 0. The van der Waals surface area contributed by atoms with E-state index in [1.165, 1.54) is 22.3 Å². The van der Waals surface area contributed by atoms with Gasteiger partial charge in [0.2, 0.25) is 0 Å². The van der Waals surface area contributed by atoms with Gasteiger partial charge in [0, 0.05) is 0 Å². The van der Waals surface area contributed by atoms with Crippen LogP contribution in [0.5, 0.6) is 0 Å². The predicted molar refractivity (Wildman–Crippen MR) is 128 cm³/mol. The molecule has 0 fully saturated rings. The van der Waals surface area contributed by atoms with Crippen molar-refractivity contribution in [3.63, 3.8) is 0 Å². The van der Waals surface area contributed by atoms with Gasteiger partial charge in [-0.15, -0.1) is 0 Å². The van der Waals surface area contributed by atoms with E-state index in [2.05, 4.69) is 68.5 Å². The van der Waals surface area contributed by atoms with Crippen molar-refractivity contribution in [2.45, 2.75) is 42.0 Å². The number of hydrogen-bond acceptors (Lipinski definition) is 2. The van der Waals surface area contributed by atoms with E-state index in [1.54, 1.807) is 0 Å². The van der Waals surface area contributed by atoms with Crippen molar-refractivity contribution >= 4 is 27.4 Å². The molecule has 1 unspecified atom stereocenters. The number of nitriles is 2. The molecular weight excluding hydrogens is 463 g/mol. The van der Waals surface area contributed by atoms with Crippen LogP contribution in [0, 0.1) is 29.6 Å². The van der Waals surface area contributed by atoms with Crippen LogP contribution in [0.4, 0.5) is 0 Å². The first kappa shape index (κ1) is 23.2. The second kappa shape index (κ2) is 11.2. The SMILES string of the molecule is Cc1ccc([C@H](CC#N)[As][C@@H](C)C(Cc2ccc(Cl)cc2)c2cccc(C#N)c2)cc1. The van der Waals surface area contributed by atoms with Crippen LogP contribution < -0.4 is 0 Å². The summed E-state index contributed by atoms with van der Waals surface area (Å²) in [4.78, 5) is 0. The molecule has 0 N–H and O–H groups in total. The van der Waals surface area contributed by atoms with Crippen molar-refractivity contribution < 1.29 is 0 Å². The Morgan fingerprint density at radius 3 is 2.29 bits per heavy atom. The molecule has 0 aromatic heterocycles. The molecule has 0 aliphatic heterocycles. The van der Waals surface area contributed by atoms with E-state index in [1.807, 2.05) is 30.3 Å². The van der Waals surface area contributed by atoms with E-state index < -0.39 is 0 Å². The van der Waals surface area contributed by atoms with Gasteiger partial charge in [-0.3, -0.25) is 0 Å². The van der Waals surface area contributed by atoms with E-state index in [0.717, 1.165) is 11.4 Å². The fourth-order valence-electron chi connectivity index (χ4n) is 3.80. The molecule has 0 saturated carbocycles. The summed E-state index contributed by atoms with van der Waals surface area (Å²) in [6, 6.07) is 29.3. The summed E-state index contributed by atoms with van der Waals surface area (Å²) >= 11 is 5.95. The zero-order valence-corrected chi connectivity index (χ0v) is 20.4. The molecule has 0 saturated heterocycles. The molecule has 2 nitrogen and oxygen atoms in total. The molecule has 3 rings (SSSR count). The van der Waals surface area contributed by atoms with Crippen LogP contribution in [-0.4, -0.2) is 15.8 Å². The average Bonchev–Trinajstić information content (AvgIpc) is 2.79. The Kier molecular flexibility index (Phi) is 8.37. The second-order valence-electron chi connectivity index (χ2n) is 7.85. The number of nitrogens with zero attached hydrogens (tertiary/aromatic N) is 2. The molecule has 0 aliphatic rings. The summed E-state index contributed by atoms with van der Waals surface area (Å²) < 4.78 is 0.698. The number of halogens is 1. The topological polar surface area (TPSA) is 47.6 Å². The molecule has 1 radical (unpaired) electrons.